The summed E-state index contributed by atoms with van der Waals surface area (Å²) < 4.78 is 5.57. The maximum absolute atomic E-state index is 5.57. The van der Waals surface area contributed by atoms with E-state index in [0.717, 1.165) is 30.5 Å². The first-order valence-corrected chi connectivity index (χ1v) is 6.71. The van der Waals surface area contributed by atoms with Crippen molar-refractivity contribution in [3.8, 4) is 0 Å². The Hall–Kier alpha value is -0.800. The molecule has 1 aromatic heterocycles. The topological polar surface area (TPSA) is 28.4 Å². The van der Waals surface area contributed by atoms with E-state index in [1.54, 1.807) is 0 Å². The molecule has 1 N–H and O–H groups in total. The van der Waals surface area contributed by atoms with Crippen molar-refractivity contribution >= 4 is 0 Å². The molecule has 1 saturated heterocycles. The fourth-order valence-electron chi connectivity index (χ4n) is 2.41. The maximum atomic E-state index is 5.57. The van der Waals surface area contributed by atoms with Gasteiger partial charge in [0.05, 0.1) is 0 Å². The lowest BCUT2D eigenvalue weighted by Crippen LogP contribution is -2.29. The Labute approximate surface area is 104 Å². The molecule has 1 atom stereocenters. The number of likely N-dealkylation sites (N-methyl/N-ethyl adjacent to an activating group) is 1. The highest BCUT2D eigenvalue weighted by Gasteiger charge is 2.14. The third-order valence-electron chi connectivity index (χ3n) is 3.56. The number of aryl methyl sites for hydroxylation is 1. The molecule has 3 nitrogen and oxygen atoms in total. The fourth-order valence-corrected chi connectivity index (χ4v) is 2.41. The summed E-state index contributed by atoms with van der Waals surface area (Å²) in [4.78, 5) is 2.40. The van der Waals surface area contributed by atoms with E-state index in [9.17, 15) is 0 Å². The van der Waals surface area contributed by atoms with E-state index < -0.39 is 0 Å². The summed E-state index contributed by atoms with van der Waals surface area (Å²) in [7, 11) is 2.20. The Bertz CT molecular complexity index is 329. The highest BCUT2D eigenvalue weighted by atomic mass is 16.3. The van der Waals surface area contributed by atoms with Crippen molar-refractivity contribution in [2.75, 3.05) is 26.7 Å². The van der Waals surface area contributed by atoms with Gasteiger partial charge < -0.3 is 14.6 Å². The van der Waals surface area contributed by atoms with Gasteiger partial charge in [-0.3, -0.25) is 0 Å². The van der Waals surface area contributed by atoms with Crippen LogP contribution >= 0.6 is 0 Å². The van der Waals surface area contributed by atoms with E-state index in [4.69, 9.17) is 4.42 Å². The molecular formula is C14H24N2O. The molecule has 0 aliphatic carbocycles. The van der Waals surface area contributed by atoms with Crippen molar-refractivity contribution in [1.29, 1.82) is 0 Å². The number of hydrogen-bond acceptors (Lipinski definition) is 3. The first-order chi connectivity index (χ1) is 8.24. The lowest BCUT2D eigenvalue weighted by molar-refractivity contribution is 0.307. The van der Waals surface area contributed by atoms with Crippen LogP contribution in [0.4, 0.5) is 0 Å². The summed E-state index contributed by atoms with van der Waals surface area (Å²) in [5.41, 5.74) is 0. The van der Waals surface area contributed by atoms with Crippen LogP contribution in [0.3, 0.4) is 0 Å². The maximum Gasteiger partial charge on any atom is 0.105 e. The predicted octanol–water partition coefficient (Wildman–Crippen LogP) is 2.20. The molecule has 0 radical (unpaired) electrons. The zero-order valence-corrected chi connectivity index (χ0v) is 11.0. The number of rotatable bonds is 6. The Kier molecular flexibility index (Phi) is 4.63. The summed E-state index contributed by atoms with van der Waals surface area (Å²) in [5, 5.41) is 3.54. The molecule has 1 aliphatic heterocycles. The van der Waals surface area contributed by atoms with Crippen molar-refractivity contribution in [2.24, 2.45) is 0 Å². The third kappa shape index (κ3) is 4.17. The Morgan fingerprint density at radius 2 is 2.29 bits per heavy atom. The highest BCUT2D eigenvalue weighted by Crippen LogP contribution is 2.10. The Morgan fingerprint density at radius 1 is 1.41 bits per heavy atom. The molecule has 0 spiro atoms. The Balaban J connectivity index is 1.61. The quantitative estimate of drug-likeness (QED) is 0.821. The minimum absolute atomic E-state index is 0.753. The largest absolute Gasteiger partial charge is 0.466 e. The van der Waals surface area contributed by atoms with Crippen molar-refractivity contribution < 1.29 is 4.42 Å². The average molecular weight is 236 g/mol. The van der Waals surface area contributed by atoms with Crippen LogP contribution in [0.25, 0.3) is 0 Å². The first kappa shape index (κ1) is 12.7. The van der Waals surface area contributed by atoms with Crippen LogP contribution in [0, 0.1) is 6.92 Å². The molecule has 17 heavy (non-hydrogen) atoms. The standard InChI is InChI=1S/C14H24N2O/c1-12-5-6-14(17-12)8-11-16(2)10-7-13-4-3-9-15-13/h5-6,13,15H,3-4,7-11H2,1-2H3. The first-order valence-electron chi connectivity index (χ1n) is 6.71. The van der Waals surface area contributed by atoms with Crippen LogP contribution in [-0.4, -0.2) is 37.6 Å². The van der Waals surface area contributed by atoms with Crippen LogP contribution in [-0.2, 0) is 6.42 Å². The van der Waals surface area contributed by atoms with Crippen LogP contribution in [0.2, 0.25) is 0 Å². The molecule has 1 aliphatic rings. The van der Waals surface area contributed by atoms with E-state index in [1.165, 1.54) is 32.4 Å². The summed E-state index contributed by atoms with van der Waals surface area (Å²) in [6, 6.07) is 4.88. The number of furan rings is 1. The summed E-state index contributed by atoms with van der Waals surface area (Å²) >= 11 is 0. The molecule has 1 unspecified atom stereocenters. The second-order valence-corrected chi connectivity index (χ2v) is 5.15. The molecule has 0 amide bonds. The molecule has 2 rings (SSSR count). The van der Waals surface area contributed by atoms with Crippen molar-refractivity contribution in [3.63, 3.8) is 0 Å². The van der Waals surface area contributed by atoms with E-state index in [1.807, 2.05) is 13.0 Å². The van der Waals surface area contributed by atoms with Crippen LogP contribution < -0.4 is 5.32 Å². The molecule has 1 aromatic rings. The molecule has 2 heterocycles. The van der Waals surface area contributed by atoms with E-state index in [-0.39, 0.29) is 0 Å². The zero-order valence-electron chi connectivity index (χ0n) is 11.0. The van der Waals surface area contributed by atoms with E-state index in [2.05, 4.69) is 23.3 Å². The van der Waals surface area contributed by atoms with E-state index >= 15 is 0 Å². The molecule has 0 saturated carbocycles. The third-order valence-corrected chi connectivity index (χ3v) is 3.56. The van der Waals surface area contributed by atoms with Crippen LogP contribution in [0.5, 0.6) is 0 Å². The summed E-state index contributed by atoms with van der Waals surface area (Å²) in [6.07, 6.45) is 4.99. The number of nitrogens with zero attached hydrogens (tertiary/aromatic N) is 1. The predicted molar refractivity (Wildman–Crippen MR) is 70.3 cm³/mol. The summed E-state index contributed by atoms with van der Waals surface area (Å²) in [6.45, 7) is 5.47. The second kappa shape index (κ2) is 6.22. The van der Waals surface area contributed by atoms with Crippen LogP contribution in [0.15, 0.2) is 16.5 Å². The minimum Gasteiger partial charge on any atom is -0.466 e. The second-order valence-electron chi connectivity index (χ2n) is 5.15. The van der Waals surface area contributed by atoms with Gasteiger partial charge in [0.15, 0.2) is 0 Å². The van der Waals surface area contributed by atoms with Gasteiger partial charge >= 0.3 is 0 Å². The highest BCUT2D eigenvalue weighted by molar-refractivity contribution is 5.05. The van der Waals surface area contributed by atoms with Crippen molar-refractivity contribution in [1.82, 2.24) is 10.2 Å². The average Bonchev–Trinajstić information content (AvgIpc) is 2.95. The number of nitrogens with one attached hydrogen (secondary N) is 1. The van der Waals surface area contributed by atoms with Gasteiger partial charge in [-0.15, -0.1) is 0 Å². The molecular weight excluding hydrogens is 212 g/mol. The normalized spacial score (nSPS) is 20.3. The van der Waals surface area contributed by atoms with Gasteiger partial charge in [-0.25, -0.2) is 0 Å². The van der Waals surface area contributed by atoms with E-state index in [0.29, 0.717) is 0 Å². The lowest BCUT2D eigenvalue weighted by Gasteiger charge is -2.18. The minimum atomic E-state index is 0.753. The van der Waals surface area contributed by atoms with Crippen LogP contribution in [0.1, 0.15) is 30.8 Å². The van der Waals surface area contributed by atoms with Gasteiger partial charge in [0.2, 0.25) is 0 Å². The molecule has 96 valence electrons. The molecule has 0 bridgehead atoms. The smallest absolute Gasteiger partial charge is 0.105 e. The summed E-state index contributed by atoms with van der Waals surface area (Å²) in [5.74, 6) is 2.12. The fraction of sp³-hybridized carbons (Fsp3) is 0.714. The number of hydrogen-bond donors (Lipinski definition) is 1. The van der Waals surface area contributed by atoms with Gasteiger partial charge in [-0.05, 0) is 58.5 Å². The van der Waals surface area contributed by atoms with Gasteiger partial charge in [0.1, 0.15) is 11.5 Å². The zero-order chi connectivity index (χ0) is 12.1. The SMILES string of the molecule is Cc1ccc(CCN(C)CCC2CCCN2)o1. The van der Waals surface area contributed by atoms with Gasteiger partial charge in [-0.2, -0.15) is 0 Å². The van der Waals surface area contributed by atoms with Crippen molar-refractivity contribution in [3.05, 3.63) is 23.7 Å². The molecule has 1 fully saturated rings. The molecule has 3 heteroatoms. The van der Waals surface area contributed by atoms with Crippen molar-refractivity contribution in [2.45, 2.75) is 38.6 Å². The van der Waals surface area contributed by atoms with Gasteiger partial charge in [0, 0.05) is 19.0 Å². The molecule has 0 aromatic carbocycles. The monoisotopic (exact) mass is 236 g/mol. The van der Waals surface area contributed by atoms with Gasteiger partial charge in [0.25, 0.3) is 0 Å². The lowest BCUT2D eigenvalue weighted by atomic mass is 10.1. The Morgan fingerprint density at radius 3 is 2.94 bits per heavy atom. The van der Waals surface area contributed by atoms with Gasteiger partial charge in [-0.1, -0.05) is 0 Å².